The van der Waals surface area contributed by atoms with Crippen LogP contribution in [0.25, 0.3) is 0 Å². The third-order valence-corrected chi connectivity index (χ3v) is 3.84. The van der Waals surface area contributed by atoms with Crippen molar-refractivity contribution in [3.05, 3.63) is 36.4 Å². The van der Waals surface area contributed by atoms with Crippen LogP contribution in [0.5, 0.6) is 11.5 Å². The summed E-state index contributed by atoms with van der Waals surface area (Å²) in [5.41, 5.74) is 0.721. The molecular weight excluding hydrogens is 328 g/mol. The molecule has 0 aliphatic rings. The molecule has 5 heteroatoms. The molecule has 0 spiro atoms. The molecule has 0 saturated carbocycles. The molecule has 1 aromatic carbocycles. The average molecular weight is 353 g/mol. The topological polar surface area (TPSA) is 52.6 Å². The summed E-state index contributed by atoms with van der Waals surface area (Å²) in [5, 5.41) is -0.414. The summed E-state index contributed by atoms with van der Waals surface area (Å²) in [6.45, 7) is 7.64. The first-order valence-corrected chi connectivity index (χ1v) is 8.77. The van der Waals surface area contributed by atoms with E-state index in [1.807, 2.05) is 13.8 Å². The molecule has 1 unspecified atom stereocenters. The Morgan fingerprint density at radius 1 is 1.08 bits per heavy atom. The zero-order chi connectivity index (χ0) is 17.9. The highest BCUT2D eigenvalue weighted by atomic mass is 35.5. The fourth-order valence-electron chi connectivity index (χ4n) is 1.99. The number of unbranched alkanes of at least 4 members (excludes halogenated alkanes) is 2. The number of ether oxygens (including phenoxy) is 2. The van der Waals surface area contributed by atoms with Crippen molar-refractivity contribution in [3.63, 3.8) is 0 Å². The Bertz CT molecular complexity index is 568. The molecule has 0 bridgehead atoms. The van der Waals surface area contributed by atoms with Crippen LogP contribution < -0.4 is 9.47 Å². The largest absolute Gasteiger partial charge is 0.423 e. The van der Waals surface area contributed by atoms with Crippen LogP contribution >= 0.6 is 11.6 Å². The van der Waals surface area contributed by atoms with Crippen molar-refractivity contribution in [2.75, 3.05) is 0 Å². The molecule has 0 aliphatic heterocycles. The van der Waals surface area contributed by atoms with Crippen molar-refractivity contribution in [3.8, 4) is 11.5 Å². The highest BCUT2D eigenvalue weighted by molar-refractivity contribution is 6.21. The Morgan fingerprint density at radius 3 is 2.12 bits per heavy atom. The van der Waals surface area contributed by atoms with E-state index in [1.54, 1.807) is 24.3 Å². The maximum atomic E-state index is 11.9. The number of esters is 2. The second-order valence-corrected chi connectivity index (χ2v) is 5.97. The van der Waals surface area contributed by atoms with E-state index >= 15 is 0 Å². The first kappa shape index (κ1) is 20.2. The van der Waals surface area contributed by atoms with Gasteiger partial charge in [-0.25, -0.2) is 0 Å². The van der Waals surface area contributed by atoms with Gasteiger partial charge in [0.25, 0.3) is 0 Å². The molecule has 1 rings (SSSR count). The van der Waals surface area contributed by atoms with E-state index in [2.05, 4.69) is 6.58 Å². The molecule has 0 N–H and O–H groups in total. The molecule has 24 heavy (non-hydrogen) atoms. The van der Waals surface area contributed by atoms with Crippen LogP contribution in [-0.4, -0.2) is 11.9 Å². The van der Waals surface area contributed by atoms with Crippen LogP contribution in [0.4, 0.5) is 0 Å². The summed E-state index contributed by atoms with van der Waals surface area (Å²) in [6.07, 6.45) is 5.51. The summed E-state index contributed by atoms with van der Waals surface area (Å²) in [4.78, 5) is 23.8. The normalized spacial score (nSPS) is 11.6. The van der Waals surface area contributed by atoms with E-state index in [0.29, 0.717) is 12.8 Å². The van der Waals surface area contributed by atoms with E-state index < -0.39 is 5.38 Å². The van der Waals surface area contributed by atoms with Crippen LogP contribution in [0.1, 0.15) is 63.3 Å². The van der Waals surface area contributed by atoms with Crippen molar-refractivity contribution in [1.29, 1.82) is 0 Å². The van der Waals surface area contributed by atoms with Gasteiger partial charge in [-0.2, -0.15) is 0 Å². The maximum absolute atomic E-state index is 11.9. The highest BCUT2D eigenvalue weighted by Crippen LogP contribution is 2.33. The Kier molecular flexibility index (Phi) is 9.16. The second-order valence-electron chi connectivity index (χ2n) is 5.50. The highest BCUT2D eigenvalue weighted by Gasteiger charge is 2.16. The van der Waals surface area contributed by atoms with Crippen LogP contribution in [0.15, 0.2) is 30.9 Å². The van der Waals surface area contributed by atoms with Gasteiger partial charge in [-0.05, 0) is 30.5 Å². The van der Waals surface area contributed by atoms with Gasteiger partial charge in [0.1, 0.15) is 0 Å². The zero-order valence-corrected chi connectivity index (χ0v) is 15.1. The smallest absolute Gasteiger partial charge is 0.311 e. The van der Waals surface area contributed by atoms with Gasteiger partial charge in [0.05, 0.1) is 5.38 Å². The van der Waals surface area contributed by atoms with Crippen LogP contribution in [0.2, 0.25) is 0 Å². The number of allylic oxidation sites excluding steroid dienone is 1. The Morgan fingerprint density at radius 2 is 1.62 bits per heavy atom. The summed E-state index contributed by atoms with van der Waals surface area (Å²) >= 11 is 6.14. The predicted octanol–water partition coefficient (Wildman–Crippen LogP) is 5.34. The van der Waals surface area contributed by atoms with Gasteiger partial charge in [-0.3, -0.25) is 9.59 Å². The van der Waals surface area contributed by atoms with Gasteiger partial charge in [0.15, 0.2) is 11.5 Å². The molecule has 132 valence electrons. The Hall–Kier alpha value is -1.81. The molecule has 0 heterocycles. The molecule has 0 radical (unpaired) electrons. The zero-order valence-electron chi connectivity index (χ0n) is 14.3. The van der Waals surface area contributed by atoms with Crippen LogP contribution in [0.3, 0.4) is 0 Å². The summed E-state index contributed by atoms with van der Waals surface area (Å²) in [5.74, 6) is -0.255. The van der Waals surface area contributed by atoms with Crippen LogP contribution in [-0.2, 0) is 9.59 Å². The van der Waals surface area contributed by atoms with E-state index in [4.69, 9.17) is 21.1 Å². The minimum atomic E-state index is -0.414. The fourth-order valence-corrected chi connectivity index (χ4v) is 2.12. The fraction of sp³-hybridized carbons (Fsp3) is 0.474. The quantitative estimate of drug-likeness (QED) is 0.247. The number of halogens is 1. The van der Waals surface area contributed by atoms with E-state index in [1.165, 1.54) is 0 Å². The molecule has 4 nitrogen and oxygen atoms in total. The summed E-state index contributed by atoms with van der Waals surface area (Å²) in [6, 6.07) is 4.94. The number of alkyl halides is 1. The number of benzene rings is 1. The Labute approximate surface area is 148 Å². The third-order valence-electron chi connectivity index (χ3n) is 3.41. The van der Waals surface area contributed by atoms with Crippen molar-refractivity contribution in [2.45, 2.75) is 57.7 Å². The molecule has 0 fully saturated rings. The molecule has 1 atom stereocenters. The standard InChI is InChI=1S/C19H25ClO4/c1-4-7-9-18(21)23-16-12-11-14(15(20)6-3)13-17(16)24-19(22)10-8-5-2/h6,11-13,15H,3-5,7-10H2,1-2H3. The lowest BCUT2D eigenvalue weighted by Crippen LogP contribution is -2.12. The number of carbonyl (C=O) groups is 2. The maximum Gasteiger partial charge on any atom is 0.311 e. The van der Waals surface area contributed by atoms with Crippen molar-refractivity contribution in [1.82, 2.24) is 0 Å². The van der Waals surface area contributed by atoms with E-state index in [0.717, 1.165) is 31.2 Å². The second kappa shape index (κ2) is 10.9. The first-order chi connectivity index (χ1) is 11.5. The lowest BCUT2D eigenvalue weighted by molar-refractivity contribution is -0.137. The predicted molar refractivity (Wildman–Crippen MR) is 95.6 cm³/mol. The average Bonchev–Trinajstić information content (AvgIpc) is 2.58. The van der Waals surface area contributed by atoms with E-state index in [9.17, 15) is 9.59 Å². The molecular formula is C19H25ClO4. The molecule has 0 amide bonds. The minimum absolute atomic E-state index is 0.214. The van der Waals surface area contributed by atoms with Gasteiger partial charge in [-0.15, -0.1) is 18.2 Å². The molecule has 0 aromatic heterocycles. The third kappa shape index (κ3) is 6.75. The van der Waals surface area contributed by atoms with Gasteiger partial charge in [-0.1, -0.05) is 38.8 Å². The van der Waals surface area contributed by atoms with Crippen molar-refractivity contribution < 1.29 is 19.1 Å². The first-order valence-electron chi connectivity index (χ1n) is 8.33. The van der Waals surface area contributed by atoms with Gasteiger partial charge in [0, 0.05) is 12.8 Å². The number of hydrogen-bond donors (Lipinski definition) is 0. The molecule has 0 saturated heterocycles. The lowest BCUT2D eigenvalue weighted by atomic mass is 10.1. The van der Waals surface area contributed by atoms with Crippen molar-refractivity contribution in [2.24, 2.45) is 0 Å². The monoisotopic (exact) mass is 352 g/mol. The van der Waals surface area contributed by atoms with Gasteiger partial charge >= 0.3 is 11.9 Å². The molecule has 0 aliphatic carbocycles. The van der Waals surface area contributed by atoms with E-state index in [-0.39, 0.29) is 23.4 Å². The number of carbonyl (C=O) groups excluding carboxylic acids is 2. The van der Waals surface area contributed by atoms with Gasteiger partial charge < -0.3 is 9.47 Å². The molecule has 1 aromatic rings. The lowest BCUT2D eigenvalue weighted by Gasteiger charge is -2.13. The Balaban J connectivity index is 2.96. The number of rotatable bonds is 10. The van der Waals surface area contributed by atoms with Crippen LogP contribution in [0, 0.1) is 0 Å². The number of hydrogen-bond acceptors (Lipinski definition) is 4. The minimum Gasteiger partial charge on any atom is -0.423 e. The van der Waals surface area contributed by atoms with Gasteiger partial charge in [0.2, 0.25) is 0 Å². The summed E-state index contributed by atoms with van der Waals surface area (Å²) in [7, 11) is 0. The summed E-state index contributed by atoms with van der Waals surface area (Å²) < 4.78 is 10.7. The van der Waals surface area contributed by atoms with Crippen molar-refractivity contribution >= 4 is 23.5 Å². The SMILES string of the molecule is C=CC(Cl)c1ccc(OC(=O)CCCC)c(OC(=O)CCCC)c1.